The van der Waals surface area contributed by atoms with E-state index in [1.165, 1.54) is 0 Å². The zero-order valence-corrected chi connectivity index (χ0v) is 11.8. The lowest BCUT2D eigenvalue weighted by atomic mass is 10.1. The fourth-order valence-corrected chi connectivity index (χ4v) is 2.72. The Hall–Kier alpha value is -2.70. The van der Waals surface area contributed by atoms with Gasteiger partial charge >= 0.3 is 5.97 Å². The second-order valence-corrected chi connectivity index (χ2v) is 5.41. The first-order chi connectivity index (χ1) is 10.6. The van der Waals surface area contributed by atoms with Gasteiger partial charge in [0.05, 0.1) is 24.0 Å². The summed E-state index contributed by atoms with van der Waals surface area (Å²) in [4.78, 5) is 23.1. The molecule has 0 spiro atoms. The van der Waals surface area contributed by atoms with Crippen molar-refractivity contribution in [2.24, 2.45) is 5.92 Å². The Bertz CT molecular complexity index is 667. The molecular weight excluding hydrogens is 284 g/mol. The van der Waals surface area contributed by atoms with E-state index in [1.54, 1.807) is 41.3 Å². The number of hydrogen-bond acceptors (Lipinski definition) is 4. The van der Waals surface area contributed by atoms with E-state index >= 15 is 0 Å². The van der Waals surface area contributed by atoms with Gasteiger partial charge in [0, 0.05) is 11.6 Å². The molecule has 3 rings (SSSR count). The number of nitrogens with zero attached hydrogens (tertiary/aromatic N) is 3. The van der Waals surface area contributed by atoms with Crippen molar-refractivity contribution < 1.29 is 14.7 Å². The Balaban J connectivity index is 1.62. The molecular formula is C15H16N4O3. The van der Waals surface area contributed by atoms with Gasteiger partial charge in [0.1, 0.15) is 0 Å². The maximum atomic E-state index is 12.2. The molecule has 2 N–H and O–H groups in total. The quantitative estimate of drug-likeness (QED) is 0.885. The second kappa shape index (κ2) is 5.97. The van der Waals surface area contributed by atoms with Crippen LogP contribution in [0.1, 0.15) is 29.6 Å². The van der Waals surface area contributed by atoms with Crippen LogP contribution in [-0.2, 0) is 4.79 Å². The third-order valence-electron chi connectivity index (χ3n) is 3.93. The Kier molecular flexibility index (Phi) is 3.86. The maximum Gasteiger partial charge on any atom is 0.306 e. The van der Waals surface area contributed by atoms with Crippen molar-refractivity contribution in [2.75, 3.05) is 0 Å². The van der Waals surface area contributed by atoms with Crippen molar-refractivity contribution in [3.8, 4) is 5.69 Å². The van der Waals surface area contributed by atoms with Crippen molar-refractivity contribution in [3.05, 3.63) is 42.2 Å². The molecule has 22 heavy (non-hydrogen) atoms. The van der Waals surface area contributed by atoms with E-state index in [4.69, 9.17) is 5.11 Å². The summed E-state index contributed by atoms with van der Waals surface area (Å²) in [6, 6.07) is 6.95. The highest BCUT2D eigenvalue weighted by Gasteiger charge is 2.30. The van der Waals surface area contributed by atoms with Crippen molar-refractivity contribution in [1.29, 1.82) is 0 Å². The van der Waals surface area contributed by atoms with Gasteiger partial charge in [-0.2, -0.15) is 0 Å². The third-order valence-corrected chi connectivity index (χ3v) is 3.93. The summed E-state index contributed by atoms with van der Waals surface area (Å²) in [5.41, 5.74) is 1.36. The van der Waals surface area contributed by atoms with Crippen LogP contribution in [0.15, 0.2) is 36.7 Å². The summed E-state index contributed by atoms with van der Waals surface area (Å²) in [6.07, 6.45) is 5.13. The van der Waals surface area contributed by atoms with Crippen LogP contribution in [0.5, 0.6) is 0 Å². The number of carbonyl (C=O) groups is 2. The number of rotatable bonds is 4. The van der Waals surface area contributed by atoms with E-state index in [0.29, 0.717) is 24.8 Å². The van der Waals surface area contributed by atoms with Gasteiger partial charge in [0.2, 0.25) is 0 Å². The Morgan fingerprint density at radius 2 is 2.00 bits per heavy atom. The number of carboxylic acids is 1. The lowest BCUT2D eigenvalue weighted by Crippen LogP contribution is -2.33. The average molecular weight is 300 g/mol. The minimum absolute atomic E-state index is 0.0661. The van der Waals surface area contributed by atoms with Crippen molar-refractivity contribution in [2.45, 2.75) is 25.3 Å². The lowest BCUT2D eigenvalue weighted by Gasteiger charge is -2.12. The van der Waals surface area contributed by atoms with E-state index in [2.05, 4.69) is 15.6 Å². The zero-order valence-electron chi connectivity index (χ0n) is 11.8. The molecule has 0 aliphatic heterocycles. The van der Waals surface area contributed by atoms with E-state index in [0.717, 1.165) is 5.69 Å². The number of nitrogens with one attached hydrogen (secondary N) is 1. The van der Waals surface area contributed by atoms with E-state index in [9.17, 15) is 9.59 Å². The van der Waals surface area contributed by atoms with Crippen LogP contribution in [-0.4, -0.2) is 38.0 Å². The molecule has 1 aliphatic carbocycles. The summed E-state index contributed by atoms with van der Waals surface area (Å²) in [5.74, 6) is -1.31. The lowest BCUT2D eigenvalue weighted by molar-refractivity contribution is -0.141. The molecule has 7 nitrogen and oxygen atoms in total. The number of aliphatic carboxylic acids is 1. The predicted molar refractivity (Wildman–Crippen MR) is 77.6 cm³/mol. The first-order valence-corrected chi connectivity index (χ1v) is 7.14. The fraction of sp³-hybridized carbons (Fsp3) is 0.333. The molecule has 114 valence electrons. The number of benzene rings is 1. The Morgan fingerprint density at radius 3 is 2.59 bits per heavy atom. The molecule has 2 atom stereocenters. The summed E-state index contributed by atoms with van der Waals surface area (Å²) in [5, 5.41) is 19.5. The van der Waals surface area contributed by atoms with Gasteiger partial charge < -0.3 is 10.4 Å². The largest absolute Gasteiger partial charge is 0.481 e. The van der Waals surface area contributed by atoms with Gasteiger partial charge in [-0.25, -0.2) is 4.68 Å². The van der Waals surface area contributed by atoms with E-state index in [-0.39, 0.29) is 17.9 Å². The van der Waals surface area contributed by atoms with Gasteiger partial charge in [-0.3, -0.25) is 9.59 Å². The third kappa shape index (κ3) is 2.98. The second-order valence-electron chi connectivity index (χ2n) is 5.41. The minimum atomic E-state index is -0.783. The molecule has 0 unspecified atom stereocenters. The summed E-state index contributed by atoms with van der Waals surface area (Å²) < 4.78 is 1.61. The number of carbonyl (C=O) groups excluding carboxylic acids is 1. The Labute approximate surface area is 126 Å². The molecule has 2 aromatic rings. The predicted octanol–water partition coefficient (Wildman–Crippen LogP) is 1.25. The van der Waals surface area contributed by atoms with E-state index < -0.39 is 5.97 Å². The molecule has 1 aromatic carbocycles. The van der Waals surface area contributed by atoms with Crippen molar-refractivity contribution >= 4 is 11.9 Å². The summed E-state index contributed by atoms with van der Waals surface area (Å²) in [6.45, 7) is 0. The van der Waals surface area contributed by atoms with Gasteiger partial charge in [-0.1, -0.05) is 5.21 Å². The molecule has 1 saturated carbocycles. The van der Waals surface area contributed by atoms with Gasteiger partial charge in [-0.15, -0.1) is 5.10 Å². The van der Waals surface area contributed by atoms with Crippen LogP contribution in [0.2, 0.25) is 0 Å². The first-order valence-electron chi connectivity index (χ1n) is 7.14. The molecule has 7 heteroatoms. The highest BCUT2D eigenvalue weighted by molar-refractivity contribution is 5.94. The molecule has 1 aliphatic rings. The number of aromatic nitrogens is 3. The molecule has 1 amide bonds. The van der Waals surface area contributed by atoms with Crippen LogP contribution < -0.4 is 5.32 Å². The van der Waals surface area contributed by atoms with E-state index in [1.807, 2.05) is 0 Å². The van der Waals surface area contributed by atoms with Crippen LogP contribution in [0, 0.1) is 5.92 Å². The van der Waals surface area contributed by atoms with Crippen molar-refractivity contribution in [3.63, 3.8) is 0 Å². The smallest absolute Gasteiger partial charge is 0.306 e. The molecule has 0 bridgehead atoms. The monoisotopic (exact) mass is 300 g/mol. The van der Waals surface area contributed by atoms with Crippen LogP contribution in [0.4, 0.5) is 0 Å². The molecule has 1 fully saturated rings. The normalized spacial score (nSPS) is 20.7. The van der Waals surface area contributed by atoms with Crippen LogP contribution in [0.25, 0.3) is 5.69 Å². The average Bonchev–Trinajstić information content (AvgIpc) is 3.19. The van der Waals surface area contributed by atoms with Crippen LogP contribution >= 0.6 is 0 Å². The Morgan fingerprint density at radius 1 is 1.23 bits per heavy atom. The van der Waals surface area contributed by atoms with Gasteiger partial charge in [0.25, 0.3) is 5.91 Å². The minimum Gasteiger partial charge on any atom is -0.481 e. The zero-order chi connectivity index (χ0) is 15.5. The molecule has 0 saturated heterocycles. The number of amides is 1. The van der Waals surface area contributed by atoms with Gasteiger partial charge in [-0.05, 0) is 43.5 Å². The topological polar surface area (TPSA) is 97.1 Å². The molecule has 1 aromatic heterocycles. The summed E-state index contributed by atoms with van der Waals surface area (Å²) in [7, 11) is 0. The maximum absolute atomic E-state index is 12.2. The van der Waals surface area contributed by atoms with Crippen molar-refractivity contribution in [1.82, 2.24) is 20.3 Å². The number of carboxylic acid groups (broad SMARTS) is 1. The molecule has 0 radical (unpaired) electrons. The molecule has 1 heterocycles. The summed E-state index contributed by atoms with van der Waals surface area (Å²) >= 11 is 0. The highest BCUT2D eigenvalue weighted by atomic mass is 16.4. The first kappa shape index (κ1) is 14.2. The fourth-order valence-electron chi connectivity index (χ4n) is 2.72. The highest BCUT2D eigenvalue weighted by Crippen LogP contribution is 2.25. The van der Waals surface area contributed by atoms with Gasteiger partial charge in [0.15, 0.2) is 0 Å². The number of hydrogen-bond donors (Lipinski definition) is 2. The van der Waals surface area contributed by atoms with Crippen LogP contribution in [0.3, 0.4) is 0 Å². The standard InChI is InChI=1S/C15H16N4O3/c20-14(17-12-4-1-11(9-12)15(21)22)10-2-5-13(6-3-10)19-8-7-16-18-19/h2-3,5-8,11-12H,1,4,9H2,(H,17,20)(H,21,22)/t11-,12+/m0/s1. The SMILES string of the molecule is O=C(N[C@@H]1CC[C@H](C(=O)O)C1)c1ccc(-n2ccnn2)cc1.